The molecule has 0 aromatic heterocycles. The fourth-order valence-electron chi connectivity index (χ4n) is 3.74. The van der Waals surface area contributed by atoms with Crippen LogP contribution in [0.3, 0.4) is 0 Å². The molecule has 5 heteroatoms. The van der Waals surface area contributed by atoms with Crippen LogP contribution >= 0.6 is 0 Å². The molecule has 1 saturated carbocycles. The van der Waals surface area contributed by atoms with E-state index in [1.165, 1.54) is 6.26 Å². The summed E-state index contributed by atoms with van der Waals surface area (Å²) >= 11 is 0. The lowest BCUT2D eigenvalue weighted by Crippen LogP contribution is -2.48. The van der Waals surface area contributed by atoms with Crippen molar-refractivity contribution < 1.29 is 13.2 Å². The van der Waals surface area contributed by atoms with Gasteiger partial charge in [0, 0.05) is 18.9 Å². The van der Waals surface area contributed by atoms with Crippen LogP contribution < -0.4 is 5.32 Å². The molecule has 1 saturated heterocycles. The number of sulfone groups is 1. The van der Waals surface area contributed by atoms with Gasteiger partial charge in [0.05, 0.1) is 11.4 Å². The molecular weight excluding hydrogens is 262 g/mol. The molecule has 19 heavy (non-hydrogen) atoms. The van der Waals surface area contributed by atoms with Gasteiger partial charge in [0.1, 0.15) is 9.84 Å². The second kappa shape index (κ2) is 6.10. The molecule has 0 bridgehead atoms. The molecule has 0 radical (unpaired) electrons. The summed E-state index contributed by atoms with van der Waals surface area (Å²) < 4.78 is 29.4. The van der Waals surface area contributed by atoms with Gasteiger partial charge in [0.25, 0.3) is 0 Å². The highest BCUT2D eigenvalue weighted by Crippen LogP contribution is 2.35. The van der Waals surface area contributed by atoms with Crippen LogP contribution in [0.25, 0.3) is 0 Å². The van der Waals surface area contributed by atoms with E-state index in [0.717, 1.165) is 38.7 Å². The zero-order valence-corrected chi connectivity index (χ0v) is 13.1. The molecule has 1 N–H and O–H groups in total. The fraction of sp³-hybridized carbons (Fsp3) is 1.00. The second-order valence-electron chi connectivity index (χ2n) is 6.29. The van der Waals surface area contributed by atoms with E-state index in [4.69, 9.17) is 4.74 Å². The Morgan fingerprint density at radius 2 is 2.00 bits per heavy atom. The number of likely N-dealkylation sites (N-methyl/N-ethyl adjacent to an activating group) is 1. The van der Waals surface area contributed by atoms with Crippen molar-refractivity contribution in [3.63, 3.8) is 0 Å². The number of hydrogen-bond acceptors (Lipinski definition) is 4. The Bertz CT molecular complexity index is 395. The van der Waals surface area contributed by atoms with Crippen LogP contribution in [0.1, 0.15) is 39.0 Å². The van der Waals surface area contributed by atoms with Crippen molar-refractivity contribution in [2.45, 2.75) is 56.4 Å². The van der Waals surface area contributed by atoms with Gasteiger partial charge in [-0.15, -0.1) is 0 Å². The first-order valence-corrected chi connectivity index (χ1v) is 9.36. The Balaban J connectivity index is 2.06. The third-order valence-corrected chi connectivity index (χ3v) is 6.55. The third-order valence-electron chi connectivity index (χ3n) is 4.91. The van der Waals surface area contributed by atoms with Gasteiger partial charge >= 0.3 is 0 Å². The van der Waals surface area contributed by atoms with E-state index in [0.29, 0.717) is 17.9 Å². The first kappa shape index (κ1) is 15.3. The molecular formula is C14H27NO3S. The molecule has 5 atom stereocenters. The first-order valence-electron chi connectivity index (χ1n) is 7.41. The average molecular weight is 289 g/mol. The summed E-state index contributed by atoms with van der Waals surface area (Å²) in [6.07, 6.45) is 6.48. The number of ether oxygens (including phenoxy) is 1. The largest absolute Gasteiger partial charge is 0.376 e. The highest BCUT2D eigenvalue weighted by atomic mass is 32.2. The fourth-order valence-corrected chi connectivity index (χ4v) is 4.93. The molecule has 112 valence electrons. The maximum absolute atomic E-state index is 11.8. The molecule has 4 nitrogen and oxygen atoms in total. The molecule has 1 aliphatic heterocycles. The topological polar surface area (TPSA) is 55.4 Å². The van der Waals surface area contributed by atoms with Crippen molar-refractivity contribution >= 4 is 9.84 Å². The lowest BCUT2D eigenvalue weighted by Gasteiger charge is -2.37. The molecule has 0 spiro atoms. The lowest BCUT2D eigenvalue weighted by molar-refractivity contribution is 0.0364. The molecule has 1 aliphatic carbocycles. The van der Waals surface area contributed by atoms with Gasteiger partial charge in [0.2, 0.25) is 0 Å². The lowest BCUT2D eigenvalue weighted by atomic mass is 9.79. The van der Waals surface area contributed by atoms with E-state index < -0.39 is 9.84 Å². The molecule has 0 amide bonds. The van der Waals surface area contributed by atoms with Crippen molar-refractivity contribution in [1.29, 1.82) is 0 Å². The summed E-state index contributed by atoms with van der Waals surface area (Å²) in [4.78, 5) is 0. The Hall–Kier alpha value is -0.130. The van der Waals surface area contributed by atoms with E-state index in [1.807, 2.05) is 7.05 Å². The van der Waals surface area contributed by atoms with Crippen LogP contribution in [-0.4, -0.2) is 45.7 Å². The summed E-state index contributed by atoms with van der Waals surface area (Å²) in [5, 5.41) is 3.24. The summed E-state index contributed by atoms with van der Waals surface area (Å²) in [6.45, 7) is 3.07. The smallest absolute Gasteiger partial charge is 0.150 e. The standard InChI is InChI=1S/C14H27NO3S/c1-10-7-8-18-14(10)13(15-2)11-5-4-6-12(9-11)19(3,16)17/h10-15H,4-9H2,1-3H3. The third kappa shape index (κ3) is 3.50. The SMILES string of the molecule is CNC(C1CCCC(S(C)(=O)=O)C1)C1OCCC1C. The van der Waals surface area contributed by atoms with Crippen LogP contribution in [-0.2, 0) is 14.6 Å². The summed E-state index contributed by atoms with van der Waals surface area (Å²) in [5.41, 5.74) is 0. The number of hydrogen-bond donors (Lipinski definition) is 1. The first-order chi connectivity index (χ1) is 8.93. The van der Waals surface area contributed by atoms with Crippen molar-refractivity contribution in [1.82, 2.24) is 5.32 Å². The molecule has 2 rings (SSSR count). The number of nitrogens with one attached hydrogen (secondary N) is 1. The molecule has 0 aromatic carbocycles. The van der Waals surface area contributed by atoms with Crippen molar-refractivity contribution in [2.75, 3.05) is 19.9 Å². The van der Waals surface area contributed by atoms with E-state index in [9.17, 15) is 8.42 Å². The number of rotatable bonds is 4. The molecule has 0 aromatic rings. The Morgan fingerprint density at radius 3 is 2.53 bits per heavy atom. The van der Waals surface area contributed by atoms with Gasteiger partial charge in [0.15, 0.2) is 0 Å². The molecule has 2 fully saturated rings. The van der Waals surface area contributed by atoms with Gasteiger partial charge in [-0.2, -0.15) is 0 Å². The van der Waals surface area contributed by atoms with Gasteiger partial charge in [-0.1, -0.05) is 13.3 Å². The van der Waals surface area contributed by atoms with Gasteiger partial charge in [-0.25, -0.2) is 8.42 Å². The highest BCUT2D eigenvalue weighted by molar-refractivity contribution is 7.91. The van der Waals surface area contributed by atoms with Crippen molar-refractivity contribution in [3.05, 3.63) is 0 Å². The summed E-state index contributed by atoms with van der Waals surface area (Å²) in [5.74, 6) is 0.986. The monoisotopic (exact) mass is 289 g/mol. The van der Waals surface area contributed by atoms with Gasteiger partial charge < -0.3 is 10.1 Å². The average Bonchev–Trinajstić information content (AvgIpc) is 2.76. The normalized spacial score (nSPS) is 38.3. The molecule has 5 unspecified atom stereocenters. The minimum atomic E-state index is -2.91. The van der Waals surface area contributed by atoms with Crippen LogP contribution in [0.5, 0.6) is 0 Å². The summed E-state index contributed by atoms with van der Waals surface area (Å²) in [6, 6.07) is 0.294. The van der Waals surface area contributed by atoms with Crippen molar-refractivity contribution in [3.8, 4) is 0 Å². The van der Waals surface area contributed by atoms with Crippen LogP contribution in [0.4, 0.5) is 0 Å². The van der Waals surface area contributed by atoms with Crippen LogP contribution in [0.15, 0.2) is 0 Å². The highest BCUT2D eigenvalue weighted by Gasteiger charge is 2.39. The maximum atomic E-state index is 11.8. The van der Waals surface area contributed by atoms with Gasteiger partial charge in [-0.05, 0) is 44.6 Å². The zero-order chi connectivity index (χ0) is 14.0. The van der Waals surface area contributed by atoms with Gasteiger partial charge in [-0.3, -0.25) is 0 Å². The minimum Gasteiger partial charge on any atom is -0.376 e. The molecule has 2 aliphatic rings. The van der Waals surface area contributed by atoms with E-state index in [-0.39, 0.29) is 11.4 Å². The van der Waals surface area contributed by atoms with Crippen LogP contribution in [0, 0.1) is 11.8 Å². The van der Waals surface area contributed by atoms with E-state index >= 15 is 0 Å². The second-order valence-corrected chi connectivity index (χ2v) is 8.62. The van der Waals surface area contributed by atoms with E-state index in [1.54, 1.807) is 0 Å². The summed E-state index contributed by atoms with van der Waals surface area (Å²) in [7, 11) is -0.931. The van der Waals surface area contributed by atoms with E-state index in [2.05, 4.69) is 12.2 Å². The zero-order valence-electron chi connectivity index (χ0n) is 12.3. The molecule has 1 heterocycles. The maximum Gasteiger partial charge on any atom is 0.150 e. The minimum absolute atomic E-state index is 0.154. The van der Waals surface area contributed by atoms with Crippen LogP contribution in [0.2, 0.25) is 0 Å². The predicted octanol–water partition coefficient (Wildman–Crippen LogP) is 1.60. The Labute approximate surface area is 117 Å². The Kier molecular flexibility index (Phi) is 4.90. The Morgan fingerprint density at radius 1 is 1.26 bits per heavy atom. The quantitative estimate of drug-likeness (QED) is 0.854. The van der Waals surface area contributed by atoms with Crippen molar-refractivity contribution in [2.24, 2.45) is 11.8 Å². The predicted molar refractivity (Wildman–Crippen MR) is 77.0 cm³/mol.